The largest absolute Gasteiger partial charge is 0.467 e. The number of Topliss-reactive ketones (excluding diaryl/α,β-unsaturated/α-hetero) is 2. The van der Waals surface area contributed by atoms with E-state index in [1.165, 1.54) is 19.2 Å². The zero-order valence-electron chi connectivity index (χ0n) is 18.3. The number of esters is 1. The summed E-state index contributed by atoms with van der Waals surface area (Å²) < 4.78 is 19.1. The molecule has 3 aliphatic rings. The molecule has 5 nitrogen and oxygen atoms in total. The number of fused-ring (bicyclic) bond motifs is 5. The molecule has 0 radical (unpaired) electrons. The fourth-order valence-electron chi connectivity index (χ4n) is 6.05. The first-order valence-electron chi connectivity index (χ1n) is 11.1. The zero-order chi connectivity index (χ0) is 23.6. The van der Waals surface area contributed by atoms with Crippen LogP contribution in [0.5, 0.6) is 0 Å². The van der Waals surface area contributed by atoms with Crippen molar-refractivity contribution in [2.45, 2.75) is 18.0 Å². The topological polar surface area (TPSA) is 63.7 Å². The van der Waals surface area contributed by atoms with E-state index in [1.54, 1.807) is 36.4 Å². The van der Waals surface area contributed by atoms with Crippen LogP contribution in [0.3, 0.4) is 0 Å². The Morgan fingerprint density at radius 2 is 1.53 bits per heavy atom. The Bertz CT molecular complexity index is 1360. The maximum Gasteiger partial charge on any atom is 0.329 e. The number of benzene rings is 3. The SMILES string of the molecule is COC(=O)[C@H]1[C@H](c2ccc(F)cc2)C2(C(=O)c3ccccc3C2=O)[C@@H]2C=Cc3ccccc3N21. The number of hydrogen-bond donors (Lipinski definition) is 0. The number of nitrogens with zero attached hydrogens (tertiary/aromatic N) is 1. The van der Waals surface area contributed by atoms with Crippen molar-refractivity contribution >= 4 is 29.3 Å². The first-order chi connectivity index (χ1) is 16.5. The molecule has 0 N–H and O–H groups in total. The van der Waals surface area contributed by atoms with Gasteiger partial charge in [0.2, 0.25) is 0 Å². The number of carbonyl (C=O) groups is 3. The lowest BCUT2D eigenvalue weighted by Crippen LogP contribution is -2.48. The molecule has 3 aromatic carbocycles. The Labute approximate surface area is 195 Å². The van der Waals surface area contributed by atoms with Gasteiger partial charge in [-0.05, 0) is 29.3 Å². The van der Waals surface area contributed by atoms with Crippen molar-refractivity contribution in [2.75, 3.05) is 12.0 Å². The summed E-state index contributed by atoms with van der Waals surface area (Å²) in [6.07, 6.45) is 3.73. The smallest absolute Gasteiger partial charge is 0.329 e. The van der Waals surface area contributed by atoms with Crippen molar-refractivity contribution in [1.29, 1.82) is 0 Å². The highest BCUT2D eigenvalue weighted by Crippen LogP contribution is 2.60. The van der Waals surface area contributed by atoms with Gasteiger partial charge in [0.05, 0.1) is 13.2 Å². The summed E-state index contributed by atoms with van der Waals surface area (Å²) >= 11 is 0. The van der Waals surface area contributed by atoms with Crippen LogP contribution in [0.15, 0.2) is 78.9 Å². The van der Waals surface area contributed by atoms with Crippen molar-refractivity contribution in [3.05, 3.63) is 107 Å². The molecule has 6 heteroatoms. The molecule has 0 unspecified atom stereocenters. The third-order valence-corrected chi connectivity index (χ3v) is 7.38. The lowest BCUT2D eigenvalue weighted by Gasteiger charge is -2.36. The first-order valence-corrected chi connectivity index (χ1v) is 11.1. The monoisotopic (exact) mass is 453 g/mol. The third-order valence-electron chi connectivity index (χ3n) is 7.38. The minimum atomic E-state index is -1.59. The molecule has 1 spiro atoms. The van der Waals surface area contributed by atoms with Gasteiger partial charge >= 0.3 is 5.97 Å². The van der Waals surface area contributed by atoms with E-state index in [2.05, 4.69) is 0 Å². The number of rotatable bonds is 2. The lowest BCUT2D eigenvalue weighted by molar-refractivity contribution is -0.142. The molecule has 6 rings (SSSR count). The summed E-state index contributed by atoms with van der Waals surface area (Å²) in [5, 5.41) is 0. The number of ether oxygens (including phenoxy) is 1. The maximum absolute atomic E-state index is 14.2. The van der Waals surface area contributed by atoms with E-state index in [4.69, 9.17) is 4.74 Å². The van der Waals surface area contributed by atoms with Crippen molar-refractivity contribution in [2.24, 2.45) is 5.41 Å². The predicted molar refractivity (Wildman–Crippen MR) is 124 cm³/mol. The second kappa shape index (κ2) is 7.22. The predicted octanol–water partition coefficient (Wildman–Crippen LogP) is 4.43. The van der Waals surface area contributed by atoms with Gasteiger partial charge in [0.25, 0.3) is 0 Å². The van der Waals surface area contributed by atoms with Gasteiger partial charge in [-0.25, -0.2) is 9.18 Å². The molecular weight excluding hydrogens is 433 g/mol. The summed E-state index contributed by atoms with van der Waals surface area (Å²) in [6, 6.07) is 18.3. The standard InChI is InChI=1S/C28H20FNO4/c1-34-27(33)24-23(17-10-13-18(29)14-11-17)28(25(31)19-7-3-4-8-20(19)26(28)32)22-15-12-16-6-2-5-9-21(16)30(22)24/h2-15,22-24H,1H3/t22-,23-,24+/m0/s1. The van der Waals surface area contributed by atoms with Crippen LogP contribution in [0.25, 0.3) is 6.08 Å². The Kier molecular flexibility index (Phi) is 4.36. The lowest BCUT2D eigenvalue weighted by atomic mass is 9.65. The van der Waals surface area contributed by atoms with Gasteiger partial charge in [-0.2, -0.15) is 0 Å². The van der Waals surface area contributed by atoms with Crippen molar-refractivity contribution in [3.8, 4) is 0 Å². The van der Waals surface area contributed by atoms with Crippen LogP contribution in [0.2, 0.25) is 0 Å². The Balaban J connectivity index is 1.69. The summed E-state index contributed by atoms with van der Waals surface area (Å²) in [4.78, 5) is 43.6. The molecule has 0 amide bonds. The third kappa shape index (κ3) is 2.45. The second-order valence-corrected chi connectivity index (χ2v) is 8.84. The summed E-state index contributed by atoms with van der Waals surface area (Å²) in [5.41, 5.74) is 1.25. The van der Waals surface area contributed by atoms with Crippen LogP contribution >= 0.6 is 0 Å². The van der Waals surface area contributed by atoms with Gasteiger partial charge in [-0.1, -0.05) is 66.7 Å². The van der Waals surface area contributed by atoms with E-state index in [1.807, 2.05) is 41.3 Å². The van der Waals surface area contributed by atoms with Crippen molar-refractivity contribution in [3.63, 3.8) is 0 Å². The minimum absolute atomic E-state index is 0.326. The fraction of sp³-hybridized carbons (Fsp3) is 0.179. The van der Waals surface area contributed by atoms with Crippen LogP contribution in [-0.2, 0) is 9.53 Å². The highest BCUT2D eigenvalue weighted by Gasteiger charge is 2.71. The summed E-state index contributed by atoms with van der Waals surface area (Å²) in [6.45, 7) is 0. The Hall–Kier alpha value is -4.06. The Morgan fingerprint density at radius 3 is 2.18 bits per heavy atom. The van der Waals surface area contributed by atoms with E-state index in [9.17, 15) is 18.8 Å². The van der Waals surface area contributed by atoms with E-state index < -0.39 is 35.2 Å². The molecule has 1 fully saturated rings. The maximum atomic E-state index is 14.2. The molecule has 3 atom stereocenters. The number of anilines is 1. The molecule has 2 aliphatic heterocycles. The van der Waals surface area contributed by atoms with E-state index in [-0.39, 0.29) is 11.6 Å². The molecular formula is C28H20FNO4. The number of para-hydroxylation sites is 1. The molecule has 1 saturated heterocycles. The Morgan fingerprint density at radius 1 is 0.912 bits per heavy atom. The van der Waals surface area contributed by atoms with Gasteiger partial charge in [-0.15, -0.1) is 0 Å². The average Bonchev–Trinajstić information content (AvgIpc) is 3.31. The van der Waals surface area contributed by atoms with Gasteiger partial charge in [0.15, 0.2) is 11.6 Å². The van der Waals surface area contributed by atoms with Gasteiger partial charge in [0.1, 0.15) is 17.3 Å². The van der Waals surface area contributed by atoms with Crippen LogP contribution in [0.1, 0.15) is 37.8 Å². The molecule has 0 saturated carbocycles. The van der Waals surface area contributed by atoms with E-state index in [0.717, 1.165) is 11.3 Å². The molecule has 34 heavy (non-hydrogen) atoms. The molecule has 2 heterocycles. The normalized spacial score (nSPS) is 23.6. The van der Waals surface area contributed by atoms with E-state index >= 15 is 0 Å². The number of methoxy groups -OCH3 is 1. The van der Waals surface area contributed by atoms with E-state index in [0.29, 0.717) is 16.7 Å². The summed E-state index contributed by atoms with van der Waals surface area (Å²) in [7, 11) is 1.29. The quantitative estimate of drug-likeness (QED) is 0.424. The molecule has 1 aliphatic carbocycles. The van der Waals surface area contributed by atoms with Crippen LogP contribution in [0, 0.1) is 11.2 Å². The molecule has 0 aromatic heterocycles. The molecule has 0 bridgehead atoms. The number of hydrogen-bond acceptors (Lipinski definition) is 5. The first kappa shape index (κ1) is 20.5. The molecule has 3 aromatic rings. The van der Waals surface area contributed by atoms with Gasteiger partial charge < -0.3 is 9.64 Å². The highest BCUT2D eigenvalue weighted by atomic mass is 19.1. The zero-order valence-corrected chi connectivity index (χ0v) is 18.3. The van der Waals surface area contributed by atoms with Crippen molar-refractivity contribution in [1.82, 2.24) is 0 Å². The number of carbonyl (C=O) groups excluding carboxylic acids is 3. The van der Waals surface area contributed by atoms with Crippen LogP contribution in [0.4, 0.5) is 10.1 Å². The fourth-order valence-corrected chi connectivity index (χ4v) is 6.05. The summed E-state index contributed by atoms with van der Waals surface area (Å²) in [5.74, 6) is -2.53. The van der Waals surface area contributed by atoms with Gasteiger partial charge in [0, 0.05) is 22.7 Å². The number of ketones is 2. The second-order valence-electron chi connectivity index (χ2n) is 8.84. The van der Waals surface area contributed by atoms with Gasteiger partial charge in [-0.3, -0.25) is 9.59 Å². The van der Waals surface area contributed by atoms with Crippen LogP contribution < -0.4 is 4.90 Å². The molecule has 168 valence electrons. The average molecular weight is 453 g/mol. The number of halogens is 1. The van der Waals surface area contributed by atoms with Crippen LogP contribution in [-0.4, -0.2) is 36.7 Å². The minimum Gasteiger partial charge on any atom is -0.467 e. The highest BCUT2D eigenvalue weighted by molar-refractivity contribution is 6.32. The van der Waals surface area contributed by atoms with Crippen molar-refractivity contribution < 1.29 is 23.5 Å².